The van der Waals surface area contributed by atoms with Crippen LogP contribution in [0.2, 0.25) is 0 Å². The predicted octanol–water partition coefficient (Wildman–Crippen LogP) is 4.57. The molecular weight excluding hydrogens is 340 g/mol. The van der Waals surface area contributed by atoms with Gasteiger partial charge in [-0.3, -0.25) is 4.79 Å². The van der Waals surface area contributed by atoms with Gasteiger partial charge in [0, 0.05) is 29.5 Å². The normalized spacial score (nSPS) is 10.1. The van der Waals surface area contributed by atoms with Crippen LogP contribution in [0.4, 0.5) is 11.4 Å². The van der Waals surface area contributed by atoms with Crippen molar-refractivity contribution < 1.29 is 14.3 Å². The minimum absolute atomic E-state index is 0.161. The van der Waals surface area contributed by atoms with Crippen LogP contribution in [0, 0.1) is 0 Å². The minimum atomic E-state index is -0.161. The van der Waals surface area contributed by atoms with Gasteiger partial charge in [-0.25, -0.2) is 0 Å². The average molecular weight is 362 g/mol. The molecule has 2 N–H and O–H groups in total. The molecule has 0 aliphatic rings. The lowest BCUT2D eigenvalue weighted by Gasteiger charge is -2.14. The first-order valence-corrected chi connectivity index (χ1v) is 8.61. The highest BCUT2D eigenvalue weighted by Gasteiger charge is 2.12. The molecule has 5 heteroatoms. The van der Waals surface area contributed by atoms with Crippen molar-refractivity contribution in [1.29, 1.82) is 0 Å². The molecule has 5 nitrogen and oxygen atoms in total. The van der Waals surface area contributed by atoms with Gasteiger partial charge in [-0.1, -0.05) is 30.3 Å². The predicted molar refractivity (Wildman–Crippen MR) is 108 cm³/mol. The van der Waals surface area contributed by atoms with E-state index in [-0.39, 0.29) is 5.91 Å². The van der Waals surface area contributed by atoms with Gasteiger partial charge in [0.2, 0.25) is 0 Å². The van der Waals surface area contributed by atoms with Crippen LogP contribution in [0.5, 0.6) is 11.5 Å². The standard InChI is InChI=1S/C22H22N2O3/c1-26-18-13-12-16(21(14-18)27-2)15-23-20-11-7-6-10-19(20)22(25)24-17-8-4-3-5-9-17/h3-14,23H,15H2,1-2H3,(H,24,25). The highest BCUT2D eigenvalue weighted by Crippen LogP contribution is 2.26. The quantitative estimate of drug-likeness (QED) is 0.646. The fraction of sp³-hybridized carbons (Fsp3) is 0.136. The molecule has 0 spiro atoms. The van der Waals surface area contributed by atoms with Gasteiger partial charge in [0.25, 0.3) is 5.91 Å². The molecule has 3 aromatic carbocycles. The van der Waals surface area contributed by atoms with E-state index in [0.29, 0.717) is 12.1 Å². The van der Waals surface area contributed by atoms with Crippen LogP contribution in [0.15, 0.2) is 72.8 Å². The first-order chi connectivity index (χ1) is 13.2. The van der Waals surface area contributed by atoms with Crippen molar-refractivity contribution >= 4 is 17.3 Å². The lowest BCUT2D eigenvalue weighted by atomic mass is 10.1. The Morgan fingerprint density at radius 3 is 2.37 bits per heavy atom. The number of anilines is 2. The van der Waals surface area contributed by atoms with Gasteiger partial charge in [0.1, 0.15) is 11.5 Å². The number of para-hydroxylation sites is 2. The smallest absolute Gasteiger partial charge is 0.257 e. The number of ether oxygens (including phenoxy) is 2. The summed E-state index contributed by atoms with van der Waals surface area (Å²) in [6.45, 7) is 0.517. The van der Waals surface area contributed by atoms with E-state index in [1.165, 1.54) is 0 Å². The Bertz CT molecular complexity index is 910. The SMILES string of the molecule is COc1ccc(CNc2ccccc2C(=O)Nc2ccccc2)c(OC)c1. The zero-order chi connectivity index (χ0) is 19.1. The molecule has 0 unspecified atom stereocenters. The molecule has 0 aliphatic carbocycles. The molecule has 0 aromatic heterocycles. The maximum atomic E-state index is 12.7. The minimum Gasteiger partial charge on any atom is -0.497 e. The molecule has 0 bridgehead atoms. The highest BCUT2D eigenvalue weighted by atomic mass is 16.5. The third kappa shape index (κ3) is 4.58. The lowest BCUT2D eigenvalue weighted by Crippen LogP contribution is -2.14. The molecule has 1 amide bonds. The number of carbonyl (C=O) groups is 1. The summed E-state index contributed by atoms with van der Waals surface area (Å²) in [6, 6.07) is 22.5. The molecule has 0 saturated carbocycles. The molecule has 0 fully saturated rings. The number of benzene rings is 3. The molecule has 0 heterocycles. The number of hydrogen-bond donors (Lipinski definition) is 2. The van der Waals surface area contributed by atoms with Gasteiger partial charge in [-0.2, -0.15) is 0 Å². The van der Waals surface area contributed by atoms with E-state index in [0.717, 1.165) is 28.4 Å². The van der Waals surface area contributed by atoms with Crippen LogP contribution in [0.1, 0.15) is 15.9 Å². The summed E-state index contributed by atoms with van der Waals surface area (Å²) in [7, 11) is 3.24. The summed E-state index contributed by atoms with van der Waals surface area (Å²) in [5, 5.41) is 6.24. The number of carbonyl (C=O) groups excluding carboxylic acids is 1. The van der Waals surface area contributed by atoms with Crippen LogP contribution >= 0.6 is 0 Å². The maximum Gasteiger partial charge on any atom is 0.257 e. The maximum absolute atomic E-state index is 12.7. The molecule has 0 radical (unpaired) electrons. The number of nitrogens with one attached hydrogen (secondary N) is 2. The van der Waals surface area contributed by atoms with Crippen LogP contribution in [0.25, 0.3) is 0 Å². The van der Waals surface area contributed by atoms with Crippen LogP contribution < -0.4 is 20.1 Å². The average Bonchev–Trinajstić information content (AvgIpc) is 2.73. The van der Waals surface area contributed by atoms with E-state index in [2.05, 4.69) is 10.6 Å². The molecule has 3 aromatic rings. The molecule has 0 atom stereocenters. The van der Waals surface area contributed by atoms with Gasteiger partial charge >= 0.3 is 0 Å². The lowest BCUT2D eigenvalue weighted by molar-refractivity contribution is 0.102. The van der Waals surface area contributed by atoms with Crippen molar-refractivity contribution in [3.05, 3.63) is 83.9 Å². The summed E-state index contributed by atoms with van der Waals surface area (Å²) in [5.74, 6) is 1.30. The van der Waals surface area contributed by atoms with E-state index in [1.54, 1.807) is 20.3 Å². The molecule has 0 aliphatic heterocycles. The largest absolute Gasteiger partial charge is 0.497 e. The van der Waals surface area contributed by atoms with Gasteiger partial charge in [-0.15, -0.1) is 0 Å². The number of methoxy groups -OCH3 is 2. The second kappa shape index (κ2) is 8.76. The van der Waals surface area contributed by atoms with Gasteiger partial charge < -0.3 is 20.1 Å². The van der Waals surface area contributed by atoms with Crippen LogP contribution in [0.3, 0.4) is 0 Å². The second-order valence-corrected chi connectivity index (χ2v) is 5.90. The van der Waals surface area contributed by atoms with E-state index < -0.39 is 0 Å². The van der Waals surface area contributed by atoms with E-state index in [9.17, 15) is 4.79 Å². The van der Waals surface area contributed by atoms with Crippen LogP contribution in [-0.4, -0.2) is 20.1 Å². The fourth-order valence-corrected chi connectivity index (χ4v) is 2.74. The van der Waals surface area contributed by atoms with Crippen LogP contribution in [-0.2, 0) is 6.54 Å². The molecule has 138 valence electrons. The zero-order valence-corrected chi connectivity index (χ0v) is 15.4. The summed E-state index contributed by atoms with van der Waals surface area (Å²) >= 11 is 0. The van der Waals surface area contributed by atoms with Crippen molar-refractivity contribution in [2.24, 2.45) is 0 Å². The van der Waals surface area contributed by atoms with E-state index >= 15 is 0 Å². The van der Waals surface area contributed by atoms with Gasteiger partial charge in [-0.05, 0) is 36.4 Å². The fourth-order valence-electron chi connectivity index (χ4n) is 2.74. The Morgan fingerprint density at radius 2 is 1.63 bits per heavy atom. The second-order valence-electron chi connectivity index (χ2n) is 5.90. The Labute approximate surface area is 158 Å². The Balaban J connectivity index is 1.76. The number of rotatable bonds is 7. The summed E-state index contributed by atoms with van der Waals surface area (Å²) in [6.07, 6.45) is 0. The third-order valence-corrected chi connectivity index (χ3v) is 4.17. The molecule has 3 rings (SSSR count). The zero-order valence-electron chi connectivity index (χ0n) is 15.4. The summed E-state index contributed by atoms with van der Waals surface area (Å²) < 4.78 is 10.7. The monoisotopic (exact) mass is 362 g/mol. The first-order valence-electron chi connectivity index (χ1n) is 8.61. The molecular formula is C22H22N2O3. The molecule has 27 heavy (non-hydrogen) atoms. The van der Waals surface area contributed by atoms with Crippen molar-refractivity contribution in [3.8, 4) is 11.5 Å². The van der Waals surface area contributed by atoms with Crippen molar-refractivity contribution in [2.45, 2.75) is 6.54 Å². The van der Waals surface area contributed by atoms with Gasteiger partial charge in [0.05, 0.1) is 19.8 Å². The number of hydrogen-bond acceptors (Lipinski definition) is 4. The summed E-state index contributed by atoms with van der Waals surface area (Å²) in [4.78, 5) is 12.7. The Hall–Kier alpha value is -3.47. The van der Waals surface area contributed by atoms with Gasteiger partial charge in [0.15, 0.2) is 0 Å². The van der Waals surface area contributed by atoms with Crippen molar-refractivity contribution in [2.75, 3.05) is 24.9 Å². The number of amides is 1. The Morgan fingerprint density at radius 1 is 0.889 bits per heavy atom. The van der Waals surface area contributed by atoms with E-state index in [4.69, 9.17) is 9.47 Å². The molecule has 0 saturated heterocycles. The third-order valence-electron chi connectivity index (χ3n) is 4.17. The van der Waals surface area contributed by atoms with E-state index in [1.807, 2.05) is 66.7 Å². The van der Waals surface area contributed by atoms with Crippen molar-refractivity contribution in [3.63, 3.8) is 0 Å². The Kier molecular flexibility index (Phi) is 5.94. The highest BCUT2D eigenvalue weighted by molar-refractivity contribution is 6.08. The topological polar surface area (TPSA) is 59.6 Å². The summed E-state index contributed by atoms with van der Waals surface area (Å²) in [5.41, 5.74) is 3.06. The first kappa shape index (κ1) is 18.3. The van der Waals surface area contributed by atoms with Crippen molar-refractivity contribution in [1.82, 2.24) is 0 Å².